The fraction of sp³-hybridized carbons (Fsp3) is 0.538. The minimum atomic E-state index is -1.25. The van der Waals surface area contributed by atoms with Gasteiger partial charge in [-0.05, 0) is 53.6 Å². The minimum absolute atomic E-state index is 0.0236. The molecular formula is C26H33IN2O8. The van der Waals surface area contributed by atoms with E-state index >= 15 is 0 Å². The fourth-order valence-corrected chi connectivity index (χ4v) is 5.62. The van der Waals surface area contributed by atoms with Gasteiger partial charge in [0.25, 0.3) is 5.91 Å². The number of aliphatic hydroxyl groups excluding tert-OH is 2. The highest BCUT2D eigenvalue weighted by molar-refractivity contribution is 14.1. The minimum Gasteiger partial charge on any atom is -0.493 e. The number of carbonyl (C=O) groups is 4. The van der Waals surface area contributed by atoms with Crippen molar-refractivity contribution in [3.05, 3.63) is 32.9 Å². The zero-order valence-corrected chi connectivity index (χ0v) is 23.1. The Labute approximate surface area is 229 Å². The average molecular weight is 628 g/mol. The molecule has 2 aliphatic carbocycles. The first-order valence-electron chi connectivity index (χ1n) is 12.4. The van der Waals surface area contributed by atoms with Gasteiger partial charge in [-0.1, -0.05) is 19.8 Å². The van der Waals surface area contributed by atoms with E-state index in [1.807, 2.05) is 22.6 Å². The number of hydrogen-bond donors (Lipinski definition) is 3. The van der Waals surface area contributed by atoms with Crippen LogP contribution in [0.25, 0.3) is 0 Å². The molecule has 10 nitrogen and oxygen atoms in total. The number of aldehydes is 1. The SMILES string of the molecule is CCC(=O)C(=O)N(C1CCCC1)C1CC(C(=O)NCCO)=CC(Oc2c(I)cc(C=O)cc2OC)C1O. The molecule has 0 heterocycles. The summed E-state index contributed by atoms with van der Waals surface area (Å²) in [6, 6.07) is 1.99. The van der Waals surface area contributed by atoms with Crippen molar-refractivity contribution in [1.29, 1.82) is 0 Å². The standard InChI is InChI=1S/C26H33IN2O8/c1-3-20(32)26(35)29(17-6-4-5-7-17)19-12-16(25(34)28-8-9-30)13-21(23(19)33)37-24-18(27)10-15(14-31)11-22(24)36-2/h10-11,13-14,17,19,21,23,30,33H,3-9,12H2,1-2H3,(H,28,34). The molecular weight excluding hydrogens is 595 g/mol. The second-order valence-electron chi connectivity index (χ2n) is 9.10. The molecule has 1 fully saturated rings. The zero-order valence-electron chi connectivity index (χ0n) is 20.9. The molecule has 0 bridgehead atoms. The molecule has 3 atom stereocenters. The van der Waals surface area contributed by atoms with Crippen LogP contribution in [0.5, 0.6) is 11.5 Å². The van der Waals surface area contributed by atoms with E-state index in [0.29, 0.717) is 28.3 Å². The molecule has 2 amide bonds. The summed E-state index contributed by atoms with van der Waals surface area (Å²) in [6.07, 6.45) is 3.11. The maximum atomic E-state index is 13.3. The average Bonchev–Trinajstić information content (AvgIpc) is 3.43. The van der Waals surface area contributed by atoms with E-state index in [9.17, 15) is 24.3 Å². The van der Waals surface area contributed by atoms with E-state index in [1.165, 1.54) is 24.2 Å². The molecule has 3 unspecified atom stereocenters. The molecule has 1 saturated carbocycles. The van der Waals surface area contributed by atoms with Gasteiger partial charge in [-0.2, -0.15) is 0 Å². The highest BCUT2D eigenvalue weighted by Gasteiger charge is 2.44. The fourth-order valence-electron chi connectivity index (χ4n) is 4.87. The van der Waals surface area contributed by atoms with Crippen molar-refractivity contribution < 1.29 is 38.9 Å². The van der Waals surface area contributed by atoms with Crippen molar-refractivity contribution in [3.63, 3.8) is 0 Å². The second kappa shape index (κ2) is 13.3. The van der Waals surface area contributed by atoms with E-state index in [-0.39, 0.29) is 49.1 Å². The normalized spacial score (nSPS) is 21.6. The molecule has 1 aromatic carbocycles. The number of halogens is 1. The number of amides is 2. The summed E-state index contributed by atoms with van der Waals surface area (Å²) in [4.78, 5) is 51.4. The van der Waals surface area contributed by atoms with Crippen molar-refractivity contribution in [1.82, 2.24) is 10.2 Å². The molecule has 202 valence electrons. The number of nitrogens with zero attached hydrogens (tertiary/aromatic N) is 1. The third-order valence-corrected chi connectivity index (χ3v) is 7.53. The number of Topliss-reactive ketones (excluding diaryl/α,β-unsaturated/α-hetero) is 1. The van der Waals surface area contributed by atoms with Crippen molar-refractivity contribution in [2.24, 2.45) is 0 Å². The lowest BCUT2D eigenvalue weighted by atomic mass is 9.87. The highest BCUT2D eigenvalue weighted by atomic mass is 127. The zero-order chi connectivity index (χ0) is 27.1. The van der Waals surface area contributed by atoms with Crippen molar-refractivity contribution in [3.8, 4) is 11.5 Å². The number of rotatable bonds is 11. The topological polar surface area (TPSA) is 142 Å². The lowest BCUT2D eigenvalue weighted by Gasteiger charge is -2.43. The van der Waals surface area contributed by atoms with Crippen molar-refractivity contribution in [2.75, 3.05) is 20.3 Å². The molecule has 0 aliphatic heterocycles. The molecule has 2 aliphatic rings. The van der Waals surface area contributed by atoms with Crippen LogP contribution in [0.15, 0.2) is 23.8 Å². The van der Waals surface area contributed by atoms with Crippen LogP contribution >= 0.6 is 22.6 Å². The smallest absolute Gasteiger partial charge is 0.290 e. The molecule has 11 heteroatoms. The van der Waals surface area contributed by atoms with E-state index in [2.05, 4.69) is 5.32 Å². The van der Waals surface area contributed by atoms with E-state index in [0.717, 1.165) is 12.8 Å². The first-order chi connectivity index (χ1) is 17.7. The summed E-state index contributed by atoms with van der Waals surface area (Å²) in [7, 11) is 1.42. The summed E-state index contributed by atoms with van der Waals surface area (Å²) in [5.74, 6) is -1.14. The van der Waals surface area contributed by atoms with E-state index < -0.39 is 35.8 Å². The summed E-state index contributed by atoms with van der Waals surface area (Å²) in [5.41, 5.74) is 0.651. The third-order valence-electron chi connectivity index (χ3n) is 6.73. The van der Waals surface area contributed by atoms with E-state index in [4.69, 9.17) is 14.6 Å². The number of nitrogens with one attached hydrogen (secondary N) is 1. The number of carbonyl (C=O) groups excluding carboxylic acids is 4. The van der Waals surface area contributed by atoms with Crippen LogP contribution in [-0.2, 0) is 14.4 Å². The number of hydrogen-bond acceptors (Lipinski definition) is 8. The van der Waals surface area contributed by atoms with Crippen LogP contribution < -0.4 is 14.8 Å². The van der Waals surface area contributed by atoms with Crippen molar-refractivity contribution >= 4 is 46.5 Å². The lowest BCUT2D eigenvalue weighted by Crippen LogP contribution is -2.59. The van der Waals surface area contributed by atoms with Gasteiger partial charge in [0.05, 0.1) is 23.3 Å². The maximum absolute atomic E-state index is 13.3. The Morgan fingerprint density at radius 3 is 2.54 bits per heavy atom. The number of methoxy groups -OCH3 is 1. The van der Waals surface area contributed by atoms with Crippen LogP contribution in [0.4, 0.5) is 0 Å². The van der Waals surface area contributed by atoms with Crippen molar-refractivity contribution in [2.45, 2.75) is 69.7 Å². The lowest BCUT2D eigenvalue weighted by molar-refractivity contribution is -0.151. The van der Waals surface area contributed by atoms with Crippen LogP contribution in [0, 0.1) is 3.57 Å². The van der Waals surface area contributed by atoms with Gasteiger partial charge < -0.3 is 29.9 Å². The summed E-state index contributed by atoms with van der Waals surface area (Å²) >= 11 is 1.99. The molecule has 0 saturated heterocycles. The Bertz CT molecular complexity index is 1050. The van der Waals surface area contributed by atoms with Gasteiger partial charge in [-0.25, -0.2) is 0 Å². The Morgan fingerprint density at radius 2 is 1.95 bits per heavy atom. The number of ketones is 1. The number of ether oxygens (including phenoxy) is 2. The van der Waals surface area contributed by atoms with Crippen LogP contribution in [0.1, 0.15) is 55.8 Å². The van der Waals surface area contributed by atoms with Gasteiger partial charge in [-0.15, -0.1) is 0 Å². The summed E-state index contributed by atoms with van der Waals surface area (Å²) < 4.78 is 12.1. The Morgan fingerprint density at radius 1 is 1.24 bits per heavy atom. The first-order valence-corrected chi connectivity index (χ1v) is 13.5. The predicted molar refractivity (Wildman–Crippen MR) is 143 cm³/mol. The van der Waals surface area contributed by atoms with Gasteiger partial charge in [0, 0.05) is 36.6 Å². The second-order valence-corrected chi connectivity index (χ2v) is 10.3. The summed E-state index contributed by atoms with van der Waals surface area (Å²) in [6.45, 7) is 1.40. The van der Waals surface area contributed by atoms with Gasteiger partial charge in [0.15, 0.2) is 11.5 Å². The molecule has 3 rings (SSSR count). The largest absolute Gasteiger partial charge is 0.493 e. The first kappa shape index (κ1) is 29.1. The Hall–Kier alpha value is -2.51. The molecule has 1 aromatic rings. The van der Waals surface area contributed by atoms with Gasteiger partial charge in [0.2, 0.25) is 11.7 Å². The molecule has 0 aromatic heterocycles. The molecule has 37 heavy (non-hydrogen) atoms. The van der Waals surface area contributed by atoms with Gasteiger partial charge in [-0.3, -0.25) is 19.2 Å². The molecule has 0 radical (unpaired) electrons. The number of aliphatic hydroxyl groups is 2. The maximum Gasteiger partial charge on any atom is 0.290 e. The number of benzene rings is 1. The highest BCUT2D eigenvalue weighted by Crippen LogP contribution is 2.38. The quantitative estimate of drug-likeness (QED) is 0.191. The Kier molecular flexibility index (Phi) is 10.5. The van der Waals surface area contributed by atoms with Crippen LogP contribution in [0.3, 0.4) is 0 Å². The predicted octanol–water partition coefficient (Wildman–Crippen LogP) is 1.78. The third kappa shape index (κ3) is 6.68. The monoisotopic (exact) mass is 628 g/mol. The van der Waals surface area contributed by atoms with E-state index in [1.54, 1.807) is 13.0 Å². The van der Waals surface area contributed by atoms with Crippen LogP contribution in [0.2, 0.25) is 0 Å². The van der Waals surface area contributed by atoms with Gasteiger partial charge >= 0.3 is 0 Å². The van der Waals surface area contributed by atoms with Crippen LogP contribution in [-0.4, -0.2) is 83.5 Å². The summed E-state index contributed by atoms with van der Waals surface area (Å²) in [5, 5.41) is 23.3. The molecule has 3 N–H and O–H groups in total. The Balaban J connectivity index is 2.04. The van der Waals surface area contributed by atoms with Gasteiger partial charge in [0.1, 0.15) is 18.5 Å². The molecule has 0 spiro atoms.